The van der Waals surface area contributed by atoms with Crippen LogP contribution in [0.25, 0.3) is 0 Å². The molecule has 0 radical (unpaired) electrons. The fraction of sp³-hybridized carbons (Fsp3) is 1.00. The van der Waals surface area contributed by atoms with Gasteiger partial charge in [-0.25, -0.2) is 0 Å². The Bertz CT molecular complexity index is 372. The molecule has 2 atom stereocenters. The molecular formula is C36H74. The minimum absolute atomic E-state index is 0.955. The molecule has 0 spiro atoms. The first-order valence-electron chi connectivity index (χ1n) is 17.7. The Hall–Kier alpha value is 0. The zero-order valence-electron chi connectivity index (χ0n) is 26.4. The van der Waals surface area contributed by atoms with Gasteiger partial charge in [0.05, 0.1) is 0 Å². The largest absolute Gasteiger partial charge is 0.0654 e. The van der Waals surface area contributed by atoms with Crippen LogP contribution >= 0.6 is 0 Å². The molecule has 2 unspecified atom stereocenters. The number of rotatable bonds is 31. The minimum Gasteiger partial charge on any atom is -0.0654 e. The Morgan fingerprint density at radius 3 is 0.694 bits per heavy atom. The van der Waals surface area contributed by atoms with Crippen molar-refractivity contribution in [2.45, 2.75) is 220 Å². The maximum atomic E-state index is 2.51. The molecule has 0 saturated carbocycles. The summed E-state index contributed by atoms with van der Waals surface area (Å²) in [5.74, 6) is 1.91. The first kappa shape index (κ1) is 36.0. The van der Waals surface area contributed by atoms with E-state index in [9.17, 15) is 0 Å². The van der Waals surface area contributed by atoms with E-state index in [0.717, 1.165) is 11.8 Å². The lowest BCUT2D eigenvalue weighted by Gasteiger charge is -2.14. The fourth-order valence-corrected chi connectivity index (χ4v) is 5.95. The van der Waals surface area contributed by atoms with Crippen molar-refractivity contribution in [2.24, 2.45) is 11.8 Å². The molecule has 0 heterocycles. The molecule has 0 fully saturated rings. The lowest BCUT2D eigenvalue weighted by molar-refractivity contribution is 0.390. The van der Waals surface area contributed by atoms with Crippen LogP contribution in [0.1, 0.15) is 220 Å². The molecule has 218 valence electrons. The third-order valence-electron chi connectivity index (χ3n) is 8.74. The third-order valence-corrected chi connectivity index (χ3v) is 8.74. The van der Waals surface area contributed by atoms with Crippen LogP contribution in [-0.2, 0) is 0 Å². The molecule has 0 aromatic heterocycles. The van der Waals surface area contributed by atoms with Gasteiger partial charge in [0, 0.05) is 0 Å². The van der Waals surface area contributed by atoms with Gasteiger partial charge >= 0.3 is 0 Å². The van der Waals surface area contributed by atoms with Crippen molar-refractivity contribution in [3.63, 3.8) is 0 Å². The molecule has 0 saturated heterocycles. The quantitative estimate of drug-likeness (QED) is 0.0820. The molecule has 0 nitrogen and oxygen atoms in total. The van der Waals surface area contributed by atoms with E-state index in [2.05, 4.69) is 27.7 Å². The summed E-state index contributed by atoms with van der Waals surface area (Å²) in [5, 5.41) is 0. The summed E-state index contributed by atoms with van der Waals surface area (Å²) < 4.78 is 0. The first-order chi connectivity index (χ1) is 17.7. The second-order valence-corrected chi connectivity index (χ2v) is 12.9. The Labute approximate surface area is 232 Å². The summed E-state index contributed by atoms with van der Waals surface area (Å²) >= 11 is 0. The molecule has 0 aliphatic rings. The van der Waals surface area contributed by atoms with E-state index in [0.29, 0.717) is 0 Å². The molecular weight excluding hydrogens is 432 g/mol. The molecule has 0 N–H and O–H groups in total. The summed E-state index contributed by atoms with van der Waals surface area (Å²) in [6, 6.07) is 0. The standard InChI is InChI=1S/C36H74/c1-5-7-9-11-13-14-15-16-17-18-19-20-21-22-23-25-27-29-32-36(4)34-30-33-35(3)31-28-26-24-12-10-8-6-2/h35-36H,5-34H2,1-4H3. The van der Waals surface area contributed by atoms with Gasteiger partial charge in [-0.15, -0.1) is 0 Å². The van der Waals surface area contributed by atoms with E-state index in [1.54, 1.807) is 0 Å². The van der Waals surface area contributed by atoms with Crippen LogP contribution in [0.3, 0.4) is 0 Å². The van der Waals surface area contributed by atoms with Gasteiger partial charge in [0.15, 0.2) is 0 Å². The van der Waals surface area contributed by atoms with Crippen molar-refractivity contribution in [1.29, 1.82) is 0 Å². The normalized spacial score (nSPS) is 13.3. The molecule has 0 bridgehead atoms. The highest BCUT2D eigenvalue weighted by Gasteiger charge is 2.06. The van der Waals surface area contributed by atoms with Gasteiger partial charge in [-0.1, -0.05) is 220 Å². The topological polar surface area (TPSA) is 0 Å². The molecule has 0 aliphatic heterocycles. The van der Waals surface area contributed by atoms with Crippen molar-refractivity contribution in [2.75, 3.05) is 0 Å². The van der Waals surface area contributed by atoms with Gasteiger partial charge in [-0.3, -0.25) is 0 Å². The van der Waals surface area contributed by atoms with Crippen LogP contribution in [0.15, 0.2) is 0 Å². The molecule has 0 aromatic carbocycles. The van der Waals surface area contributed by atoms with Crippen LogP contribution in [-0.4, -0.2) is 0 Å². The lowest BCUT2D eigenvalue weighted by atomic mass is 9.92. The van der Waals surface area contributed by atoms with E-state index < -0.39 is 0 Å². The summed E-state index contributed by atoms with van der Waals surface area (Å²) in [4.78, 5) is 0. The van der Waals surface area contributed by atoms with Crippen LogP contribution < -0.4 is 0 Å². The van der Waals surface area contributed by atoms with Crippen molar-refractivity contribution < 1.29 is 0 Å². The number of hydrogen-bond acceptors (Lipinski definition) is 0. The van der Waals surface area contributed by atoms with Crippen molar-refractivity contribution >= 4 is 0 Å². The summed E-state index contributed by atoms with van der Waals surface area (Å²) in [7, 11) is 0. The summed E-state index contributed by atoms with van der Waals surface area (Å²) in [5.41, 5.74) is 0. The zero-order valence-corrected chi connectivity index (χ0v) is 26.4. The Balaban J connectivity index is 3.22. The smallest absolute Gasteiger partial charge is 0.0443 e. The van der Waals surface area contributed by atoms with Crippen molar-refractivity contribution in [3.05, 3.63) is 0 Å². The van der Waals surface area contributed by atoms with E-state index in [4.69, 9.17) is 0 Å². The first-order valence-corrected chi connectivity index (χ1v) is 17.7. The third kappa shape index (κ3) is 30.2. The zero-order chi connectivity index (χ0) is 26.4. The average molecular weight is 507 g/mol. The SMILES string of the molecule is CCCCCCCCCCCCCCCCCCCCC(C)CCCC(C)CCCCCCCCC. The number of hydrogen-bond donors (Lipinski definition) is 0. The lowest BCUT2D eigenvalue weighted by Crippen LogP contribution is -1.99. The van der Waals surface area contributed by atoms with Crippen molar-refractivity contribution in [1.82, 2.24) is 0 Å². The highest BCUT2D eigenvalue weighted by molar-refractivity contribution is 4.59. The van der Waals surface area contributed by atoms with E-state index in [1.165, 1.54) is 193 Å². The molecule has 36 heavy (non-hydrogen) atoms. The Morgan fingerprint density at radius 2 is 0.444 bits per heavy atom. The number of unbranched alkanes of at least 4 members (excludes halogenated alkanes) is 23. The Morgan fingerprint density at radius 1 is 0.250 bits per heavy atom. The summed E-state index contributed by atoms with van der Waals surface area (Å²) in [6.45, 7) is 9.63. The van der Waals surface area contributed by atoms with Gasteiger partial charge in [0.1, 0.15) is 0 Å². The second kappa shape index (κ2) is 31.2. The minimum atomic E-state index is 0.955. The van der Waals surface area contributed by atoms with Crippen molar-refractivity contribution in [3.8, 4) is 0 Å². The van der Waals surface area contributed by atoms with Gasteiger partial charge in [-0.05, 0) is 11.8 Å². The predicted molar refractivity (Wildman–Crippen MR) is 168 cm³/mol. The fourth-order valence-electron chi connectivity index (χ4n) is 5.95. The molecule has 0 amide bonds. The van der Waals surface area contributed by atoms with E-state index >= 15 is 0 Å². The van der Waals surface area contributed by atoms with E-state index in [-0.39, 0.29) is 0 Å². The molecule has 0 aromatic rings. The van der Waals surface area contributed by atoms with Gasteiger partial charge in [-0.2, -0.15) is 0 Å². The highest BCUT2D eigenvalue weighted by atomic mass is 14.1. The van der Waals surface area contributed by atoms with E-state index in [1.807, 2.05) is 0 Å². The van der Waals surface area contributed by atoms with Crippen LogP contribution in [0, 0.1) is 11.8 Å². The second-order valence-electron chi connectivity index (χ2n) is 12.9. The van der Waals surface area contributed by atoms with Gasteiger partial charge in [0.2, 0.25) is 0 Å². The maximum Gasteiger partial charge on any atom is -0.0443 e. The Kier molecular flexibility index (Phi) is 31.2. The molecule has 0 aliphatic carbocycles. The monoisotopic (exact) mass is 507 g/mol. The van der Waals surface area contributed by atoms with Crippen LogP contribution in [0.2, 0.25) is 0 Å². The average Bonchev–Trinajstić information content (AvgIpc) is 2.87. The highest BCUT2D eigenvalue weighted by Crippen LogP contribution is 2.22. The molecule has 0 heteroatoms. The van der Waals surface area contributed by atoms with Crippen LogP contribution in [0.5, 0.6) is 0 Å². The van der Waals surface area contributed by atoms with Gasteiger partial charge in [0.25, 0.3) is 0 Å². The maximum absolute atomic E-state index is 2.51. The molecule has 0 rings (SSSR count). The summed E-state index contributed by atoms with van der Waals surface area (Å²) in [6.07, 6.45) is 44.1. The van der Waals surface area contributed by atoms with Crippen LogP contribution in [0.4, 0.5) is 0 Å². The van der Waals surface area contributed by atoms with Gasteiger partial charge < -0.3 is 0 Å². The predicted octanol–water partition coefficient (Wildman–Crippen LogP) is 14.0.